The summed E-state index contributed by atoms with van der Waals surface area (Å²) in [6.45, 7) is 4.07. The zero-order chi connectivity index (χ0) is 22.3. The predicted octanol–water partition coefficient (Wildman–Crippen LogP) is 3.63. The van der Waals surface area contributed by atoms with Crippen molar-refractivity contribution in [1.82, 2.24) is 4.90 Å². The van der Waals surface area contributed by atoms with Gasteiger partial charge in [-0.2, -0.15) is 0 Å². The number of cyclic esters (lactones) is 1. The Bertz CT molecular complexity index is 911. The Morgan fingerprint density at radius 2 is 1.59 bits per heavy atom. The molecule has 1 saturated heterocycles. The molecule has 0 spiro atoms. The number of Topliss-reactive ketones (excluding diaryl/α,β-unsaturated/α-hetero) is 1. The Morgan fingerprint density at radius 3 is 2.19 bits per heavy atom. The number of nitrogens with zero attached hydrogens (tertiary/aromatic N) is 1. The molecule has 0 saturated carbocycles. The SMILES string of the molecule is O=C(CC(c1ccccc1)c1ccccc1)C1=C(O)C(CCCN2CCOCC2)OC1=O. The molecule has 1 N–H and O–H groups in total. The number of hydrogen-bond acceptors (Lipinski definition) is 6. The second-order valence-electron chi connectivity index (χ2n) is 8.25. The molecule has 2 heterocycles. The Hall–Kier alpha value is -2.96. The molecule has 1 fully saturated rings. The van der Waals surface area contributed by atoms with Crippen LogP contribution in [0.5, 0.6) is 0 Å². The van der Waals surface area contributed by atoms with Gasteiger partial charge in [0.1, 0.15) is 5.57 Å². The lowest BCUT2D eigenvalue weighted by Gasteiger charge is -2.26. The molecule has 1 unspecified atom stereocenters. The van der Waals surface area contributed by atoms with E-state index in [9.17, 15) is 14.7 Å². The van der Waals surface area contributed by atoms with Crippen molar-refractivity contribution in [2.45, 2.75) is 31.3 Å². The van der Waals surface area contributed by atoms with Crippen LogP contribution in [0.4, 0.5) is 0 Å². The van der Waals surface area contributed by atoms with Crippen LogP contribution in [0.2, 0.25) is 0 Å². The van der Waals surface area contributed by atoms with Gasteiger partial charge >= 0.3 is 5.97 Å². The van der Waals surface area contributed by atoms with Crippen LogP contribution >= 0.6 is 0 Å². The van der Waals surface area contributed by atoms with Crippen molar-refractivity contribution < 1.29 is 24.2 Å². The van der Waals surface area contributed by atoms with Crippen molar-refractivity contribution in [2.24, 2.45) is 0 Å². The largest absolute Gasteiger partial charge is 0.507 e. The summed E-state index contributed by atoms with van der Waals surface area (Å²) in [6, 6.07) is 19.5. The van der Waals surface area contributed by atoms with Crippen molar-refractivity contribution >= 4 is 11.8 Å². The summed E-state index contributed by atoms with van der Waals surface area (Å²) in [5, 5.41) is 10.7. The average Bonchev–Trinajstić information content (AvgIpc) is 3.12. The van der Waals surface area contributed by atoms with Crippen LogP contribution in [-0.2, 0) is 19.1 Å². The fraction of sp³-hybridized carbons (Fsp3) is 0.385. The third-order valence-corrected chi connectivity index (χ3v) is 6.13. The molecule has 0 amide bonds. The van der Waals surface area contributed by atoms with Gasteiger partial charge in [0.25, 0.3) is 0 Å². The number of rotatable bonds is 9. The first-order chi connectivity index (χ1) is 15.6. The first-order valence-corrected chi connectivity index (χ1v) is 11.2. The highest BCUT2D eigenvalue weighted by atomic mass is 16.6. The van der Waals surface area contributed by atoms with E-state index in [0.717, 1.165) is 50.4 Å². The maximum atomic E-state index is 13.1. The molecule has 1 atom stereocenters. The lowest BCUT2D eigenvalue weighted by molar-refractivity contribution is -0.141. The number of hydrogen-bond donors (Lipinski definition) is 1. The number of aliphatic hydroxyl groups excluding tert-OH is 1. The summed E-state index contributed by atoms with van der Waals surface area (Å²) in [4.78, 5) is 27.9. The summed E-state index contributed by atoms with van der Waals surface area (Å²) in [5.41, 5.74) is 1.78. The maximum Gasteiger partial charge on any atom is 0.346 e. The van der Waals surface area contributed by atoms with Crippen LogP contribution < -0.4 is 0 Å². The van der Waals surface area contributed by atoms with E-state index in [0.29, 0.717) is 6.42 Å². The number of ether oxygens (including phenoxy) is 2. The average molecular weight is 436 g/mol. The van der Waals surface area contributed by atoms with E-state index in [1.807, 2.05) is 60.7 Å². The van der Waals surface area contributed by atoms with Crippen molar-refractivity contribution in [3.63, 3.8) is 0 Å². The minimum atomic E-state index is -0.741. The molecule has 6 nitrogen and oxygen atoms in total. The van der Waals surface area contributed by atoms with E-state index < -0.39 is 12.1 Å². The van der Waals surface area contributed by atoms with Crippen molar-refractivity contribution in [2.75, 3.05) is 32.8 Å². The Morgan fingerprint density at radius 1 is 1.00 bits per heavy atom. The third kappa shape index (κ3) is 5.26. The molecule has 2 aliphatic heterocycles. The molecule has 2 aromatic carbocycles. The second kappa shape index (κ2) is 10.6. The monoisotopic (exact) mass is 435 g/mol. The number of esters is 1. The first kappa shape index (κ1) is 22.2. The van der Waals surface area contributed by atoms with Crippen molar-refractivity contribution in [3.05, 3.63) is 83.1 Å². The molecule has 168 valence electrons. The van der Waals surface area contributed by atoms with Crippen LogP contribution in [0.15, 0.2) is 72.0 Å². The highest BCUT2D eigenvalue weighted by Gasteiger charge is 2.38. The smallest absolute Gasteiger partial charge is 0.346 e. The summed E-state index contributed by atoms with van der Waals surface area (Å²) >= 11 is 0. The number of carbonyl (C=O) groups excluding carboxylic acids is 2. The highest BCUT2D eigenvalue weighted by Crippen LogP contribution is 2.32. The van der Waals surface area contributed by atoms with Crippen molar-refractivity contribution in [3.8, 4) is 0 Å². The van der Waals surface area contributed by atoms with E-state index in [1.165, 1.54) is 0 Å². The topological polar surface area (TPSA) is 76.1 Å². The summed E-state index contributed by atoms with van der Waals surface area (Å²) < 4.78 is 10.7. The molecular weight excluding hydrogens is 406 g/mol. The molecule has 0 radical (unpaired) electrons. The van der Waals surface area contributed by atoms with Gasteiger partial charge in [0.05, 0.1) is 13.2 Å². The Balaban J connectivity index is 1.44. The zero-order valence-corrected chi connectivity index (χ0v) is 18.1. The highest BCUT2D eigenvalue weighted by molar-refractivity contribution is 6.19. The van der Waals surface area contributed by atoms with Crippen LogP contribution in [0.25, 0.3) is 0 Å². The van der Waals surface area contributed by atoms with Gasteiger partial charge in [-0.05, 0) is 30.5 Å². The molecule has 2 aliphatic rings. The minimum Gasteiger partial charge on any atom is -0.507 e. The minimum absolute atomic E-state index is 0.0863. The van der Waals surface area contributed by atoms with Crippen LogP contribution in [0.1, 0.15) is 36.3 Å². The maximum absolute atomic E-state index is 13.1. The molecule has 0 aliphatic carbocycles. The standard InChI is InChI=1S/C26H29NO5/c28-22(18-21(19-8-3-1-4-9-19)20-10-5-2-6-11-20)24-25(29)23(32-26(24)30)12-7-13-27-14-16-31-17-15-27/h1-6,8-11,21,23,29H,7,12-18H2. The zero-order valence-electron chi connectivity index (χ0n) is 18.1. The molecule has 0 aromatic heterocycles. The van der Waals surface area contributed by atoms with E-state index in [2.05, 4.69) is 4.90 Å². The van der Waals surface area contributed by atoms with Gasteiger partial charge in [-0.1, -0.05) is 60.7 Å². The number of ketones is 1. The fourth-order valence-electron chi connectivity index (χ4n) is 4.37. The normalized spacial score (nSPS) is 19.4. The Kier molecular flexibility index (Phi) is 7.35. The van der Waals surface area contributed by atoms with E-state index in [-0.39, 0.29) is 29.5 Å². The van der Waals surface area contributed by atoms with Gasteiger partial charge in [0, 0.05) is 25.4 Å². The van der Waals surface area contributed by atoms with Gasteiger partial charge in [-0.15, -0.1) is 0 Å². The molecule has 32 heavy (non-hydrogen) atoms. The summed E-state index contributed by atoms with van der Waals surface area (Å²) in [6.07, 6.45) is 0.602. The third-order valence-electron chi connectivity index (χ3n) is 6.13. The second-order valence-corrected chi connectivity index (χ2v) is 8.25. The van der Waals surface area contributed by atoms with Crippen LogP contribution in [0.3, 0.4) is 0 Å². The van der Waals surface area contributed by atoms with Crippen LogP contribution in [0, 0.1) is 0 Å². The van der Waals surface area contributed by atoms with E-state index in [1.54, 1.807) is 0 Å². The summed E-state index contributed by atoms with van der Waals surface area (Å²) in [5.74, 6) is -1.54. The summed E-state index contributed by atoms with van der Waals surface area (Å²) in [7, 11) is 0. The molecule has 6 heteroatoms. The van der Waals surface area contributed by atoms with Gasteiger partial charge in [-0.25, -0.2) is 4.79 Å². The molecular formula is C26H29NO5. The van der Waals surface area contributed by atoms with Gasteiger partial charge in [0.2, 0.25) is 0 Å². The van der Waals surface area contributed by atoms with Crippen LogP contribution in [-0.4, -0.2) is 60.7 Å². The predicted molar refractivity (Wildman–Crippen MR) is 120 cm³/mol. The molecule has 2 aromatic rings. The lowest BCUT2D eigenvalue weighted by atomic mass is 9.85. The van der Waals surface area contributed by atoms with Gasteiger partial charge < -0.3 is 14.6 Å². The van der Waals surface area contributed by atoms with Gasteiger partial charge in [0.15, 0.2) is 17.6 Å². The lowest BCUT2D eigenvalue weighted by Crippen LogP contribution is -2.37. The fourth-order valence-corrected chi connectivity index (χ4v) is 4.37. The number of morpholine rings is 1. The number of carbonyl (C=O) groups is 2. The molecule has 0 bridgehead atoms. The number of aliphatic hydroxyl groups is 1. The molecule has 4 rings (SSSR count). The van der Waals surface area contributed by atoms with E-state index in [4.69, 9.17) is 9.47 Å². The number of benzene rings is 2. The van der Waals surface area contributed by atoms with Gasteiger partial charge in [-0.3, -0.25) is 9.69 Å². The Labute approximate surface area is 188 Å². The quantitative estimate of drug-likeness (QED) is 0.479. The van der Waals surface area contributed by atoms with E-state index >= 15 is 0 Å². The van der Waals surface area contributed by atoms with Crippen molar-refractivity contribution in [1.29, 1.82) is 0 Å². The first-order valence-electron chi connectivity index (χ1n) is 11.2.